The molecule has 7 heteroatoms. The zero-order valence-corrected chi connectivity index (χ0v) is 17.0. The average molecular weight is 398 g/mol. The Morgan fingerprint density at radius 2 is 1.66 bits per heavy atom. The fourth-order valence-electron chi connectivity index (χ4n) is 3.57. The molecule has 0 unspecified atom stereocenters. The minimum Gasteiger partial charge on any atom is -0.494 e. The molecule has 0 bridgehead atoms. The smallest absolute Gasteiger partial charge is 0.355 e. The maximum absolute atomic E-state index is 12.6. The van der Waals surface area contributed by atoms with Gasteiger partial charge >= 0.3 is 11.9 Å². The van der Waals surface area contributed by atoms with Gasteiger partial charge in [0.1, 0.15) is 11.4 Å². The van der Waals surface area contributed by atoms with Crippen LogP contribution in [0.3, 0.4) is 0 Å². The summed E-state index contributed by atoms with van der Waals surface area (Å²) in [4.78, 5) is 28.8. The summed E-state index contributed by atoms with van der Waals surface area (Å²) in [5.74, 6) is -0.687. The van der Waals surface area contributed by atoms with E-state index in [2.05, 4.69) is 4.90 Å². The van der Waals surface area contributed by atoms with Crippen molar-refractivity contribution in [2.24, 2.45) is 0 Å². The molecule has 154 valence electrons. The van der Waals surface area contributed by atoms with Crippen molar-refractivity contribution in [3.8, 4) is 5.75 Å². The normalized spacial score (nSPS) is 16.5. The Morgan fingerprint density at radius 1 is 0.931 bits per heavy atom. The number of benzene rings is 1. The first-order valence-electron chi connectivity index (χ1n) is 9.58. The van der Waals surface area contributed by atoms with Crippen LogP contribution < -0.4 is 14.5 Å². The third-order valence-corrected chi connectivity index (χ3v) is 5.03. The van der Waals surface area contributed by atoms with Crippen LogP contribution in [0.2, 0.25) is 0 Å². The number of ether oxygens (including phenoxy) is 3. The van der Waals surface area contributed by atoms with Gasteiger partial charge in [0.05, 0.1) is 32.6 Å². The first-order chi connectivity index (χ1) is 14.1. The molecule has 2 aliphatic rings. The molecule has 0 spiro atoms. The number of rotatable bonds is 5. The quantitative estimate of drug-likeness (QED) is 0.706. The second-order valence-corrected chi connectivity index (χ2v) is 6.72. The molecule has 7 nitrogen and oxygen atoms in total. The zero-order chi connectivity index (χ0) is 20.8. The highest BCUT2D eigenvalue weighted by atomic mass is 16.5. The first-order valence-corrected chi connectivity index (χ1v) is 9.58. The molecule has 0 aliphatic carbocycles. The van der Waals surface area contributed by atoms with Crippen molar-refractivity contribution in [3.05, 3.63) is 53.9 Å². The van der Waals surface area contributed by atoms with Crippen molar-refractivity contribution in [3.63, 3.8) is 0 Å². The third kappa shape index (κ3) is 4.29. The van der Waals surface area contributed by atoms with Crippen molar-refractivity contribution < 1.29 is 23.8 Å². The summed E-state index contributed by atoms with van der Waals surface area (Å²) in [6.07, 6.45) is 10.2. The SMILES string of the molecule is COC(=O)C1=C(C(=O)OC)N(c2ccc(N3CCCCC3)cc2OC)C=CC=C1. The number of hydrogen-bond acceptors (Lipinski definition) is 7. The number of carbonyl (C=O) groups excluding carboxylic acids is 2. The lowest BCUT2D eigenvalue weighted by Gasteiger charge is -2.30. The van der Waals surface area contributed by atoms with Gasteiger partial charge in [0.2, 0.25) is 0 Å². The fourth-order valence-corrected chi connectivity index (χ4v) is 3.57. The fraction of sp³-hybridized carbons (Fsp3) is 0.364. The molecule has 0 radical (unpaired) electrons. The van der Waals surface area contributed by atoms with Crippen molar-refractivity contribution in [2.45, 2.75) is 19.3 Å². The Kier molecular flexibility index (Phi) is 6.59. The molecule has 1 fully saturated rings. The number of hydrogen-bond donors (Lipinski definition) is 0. The molecule has 0 amide bonds. The minimum absolute atomic E-state index is 0.0633. The Hall–Kier alpha value is -3.22. The van der Waals surface area contributed by atoms with Gasteiger partial charge in [0.25, 0.3) is 0 Å². The van der Waals surface area contributed by atoms with Crippen LogP contribution in [0.25, 0.3) is 0 Å². The highest BCUT2D eigenvalue weighted by Gasteiger charge is 2.29. The predicted octanol–water partition coefficient (Wildman–Crippen LogP) is 3.18. The highest BCUT2D eigenvalue weighted by Crippen LogP contribution is 2.37. The van der Waals surface area contributed by atoms with Crippen LogP contribution in [0.1, 0.15) is 19.3 Å². The molecule has 0 N–H and O–H groups in total. The molecular formula is C22H26N2O5. The van der Waals surface area contributed by atoms with Crippen LogP contribution in [-0.2, 0) is 19.1 Å². The van der Waals surface area contributed by atoms with Crippen LogP contribution in [0.5, 0.6) is 5.75 Å². The van der Waals surface area contributed by atoms with Gasteiger partial charge in [-0.25, -0.2) is 9.59 Å². The topological polar surface area (TPSA) is 68.3 Å². The van der Waals surface area contributed by atoms with Crippen LogP contribution >= 0.6 is 0 Å². The van der Waals surface area contributed by atoms with E-state index >= 15 is 0 Å². The van der Waals surface area contributed by atoms with Gasteiger partial charge in [0, 0.05) is 31.0 Å². The standard InChI is InChI=1S/C22H26N2O5/c1-27-19-15-16(23-12-6-4-7-13-23)10-11-18(19)24-14-8-5-9-17(21(25)28-2)20(24)22(26)29-3/h5,8-11,14-15H,4,6-7,12-13H2,1-3H3. The maximum Gasteiger partial charge on any atom is 0.355 e. The van der Waals surface area contributed by atoms with Gasteiger partial charge in [-0.3, -0.25) is 0 Å². The molecule has 0 atom stereocenters. The van der Waals surface area contributed by atoms with Gasteiger partial charge in [0.15, 0.2) is 0 Å². The van der Waals surface area contributed by atoms with E-state index < -0.39 is 11.9 Å². The van der Waals surface area contributed by atoms with Gasteiger partial charge in [-0.1, -0.05) is 6.08 Å². The van der Waals surface area contributed by atoms with E-state index in [1.807, 2.05) is 18.2 Å². The molecule has 3 rings (SSSR count). The Bertz CT molecular complexity index is 866. The van der Waals surface area contributed by atoms with E-state index in [0.29, 0.717) is 11.4 Å². The number of allylic oxidation sites excluding steroid dienone is 2. The first kappa shape index (κ1) is 20.5. The largest absolute Gasteiger partial charge is 0.494 e. The molecule has 2 aliphatic heterocycles. The summed E-state index contributed by atoms with van der Waals surface area (Å²) in [5, 5.41) is 0. The summed E-state index contributed by atoms with van der Waals surface area (Å²) >= 11 is 0. The lowest BCUT2D eigenvalue weighted by Crippen LogP contribution is -2.30. The molecule has 2 heterocycles. The van der Waals surface area contributed by atoms with Crippen LogP contribution in [-0.4, -0.2) is 46.4 Å². The van der Waals surface area contributed by atoms with E-state index in [4.69, 9.17) is 14.2 Å². The van der Waals surface area contributed by atoms with Gasteiger partial charge in [-0.15, -0.1) is 0 Å². The minimum atomic E-state index is -0.649. The summed E-state index contributed by atoms with van der Waals surface area (Å²) < 4.78 is 15.5. The molecule has 0 aromatic heterocycles. The number of carbonyl (C=O) groups is 2. The van der Waals surface area contributed by atoms with Gasteiger partial charge in [-0.2, -0.15) is 0 Å². The van der Waals surface area contributed by atoms with Gasteiger partial charge < -0.3 is 24.0 Å². The van der Waals surface area contributed by atoms with Crippen LogP contribution in [0.15, 0.2) is 53.9 Å². The second-order valence-electron chi connectivity index (χ2n) is 6.72. The lowest BCUT2D eigenvalue weighted by atomic mass is 10.1. The lowest BCUT2D eigenvalue weighted by molar-refractivity contribution is -0.139. The molecule has 0 saturated carbocycles. The number of esters is 2. The summed E-state index contributed by atoms with van der Waals surface area (Å²) in [6.45, 7) is 2.02. The molecule has 1 aromatic rings. The Morgan fingerprint density at radius 3 is 2.31 bits per heavy atom. The van der Waals surface area contributed by atoms with Crippen molar-refractivity contribution in [2.75, 3.05) is 44.2 Å². The van der Waals surface area contributed by atoms with Gasteiger partial charge in [-0.05, 0) is 43.5 Å². The number of anilines is 2. The van der Waals surface area contributed by atoms with E-state index in [1.54, 1.807) is 30.4 Å². The van der Waals surface area contributed by atoms with E-state index in [0.717, 1.165) is 18.8 Å². The Balaban J connectivity index is 2.08. The van der Waals surface area contributed by atoms with Crippen molar-refractivity contribution >= 4 is 23.3 Å². The second kappa shape index (κ2) is 9.32. The molecule has 29 heavy (non-hydrogen) atoms. The third-order valence-electron chi connectivity index (χ3n) is 5.03. The Labute approximate surface area is 170 Å². The highest BCUT2D eigenvalue weighted by molar-refractivity contribution is 6.05. The van der Waals surface area contributed by atoms with E-state index in [-0.39, 0.29) is 11.3 Å². The molecule has 1 aromatic carbocycles. The van der Waals surface area contributed by atoms with E-state index in [1.165, 1.54) is 39.6 Å². The zero-order valence-electron chi connectivity index (χ0n) is 17.0. The van der Waals surface area contributed by atoms with E-state index in [9.17, 15) is 9.59 Å². The summed E-state index contributed by atoms with van der Waals surface area (Å²) in [6, 6.07) is 5.85. The van der Waals surface area contributed by atoms with Crippen LogP contribution in [0, 0.1) is 0 Å². The van der Waals surface area contributed by atoms with Crippen LogP contribution in [0.4, 0.5) is 11.4 Å². The monoisotopic (exact) mass is 398 g/mol. The van der Waals surface area contributed by atoms with Crippen molar-refractivity contribution in [1.29, 1.82) is 0 Å². The molecular weight excluding hydrogens is 372 g/mol. The molecule has 1 saturated heterocycles. The summed E-state index contributed by atoms with van der Waals surface area (Å²) in [7, 11) is 4.13. The maximum atomic E-state index is 12.6. The number of nitrogens with zero attached hydrogens (tertiary/aromatic N) is 2. The number of methoxy groups -OCH3 is 3. The summed E-state index contributed by atoms with van der Waals surface area (Å²) in [5.41, 5.74) is 1.86. The predicted molar refractivity (Wildman–Crippen MR) is 111 cm³/mol. The number of piperidine rings is 1. The van der Waals surface area contributed by atoms with Crippen molar-refractivity contribution in [1.82, 2.24) is 0 Å². The average Bonchev–Trinajstić information content (AvgIpc) is 3.01.